The molecule has 4 rings (SSSR count). The highest BCUT2D eigenvalue weighted by molar-refractivity contribution is 5.91. The van der Waals surface area contributed by atoms with Crippen molar-refractivity contribution in [1.82, 2.24) is 24.7 Å². The number of hydrogen-bond acceptors (Lipinski definition) is 5. The van der Waals surface area contributed by atoms with Crippen molar-refractivity contribution in [1.29, 1.82) is 0 Å². The molecule has 7 nitrogen and oxygen atoms in total. The van der Waals surface area contributed by atoms with Gasteiger partial charge in [0.25, 0.3) is 5.91 Å². The van der Waals surface area contributed by atoms with Crippen molar-refractivity contribution in [2.24, 2.45) is 13.0 Å². The zero-order chi connectivity index (χ0) is 18.3. The predicted molar refractivity (Wildman–Crippen MR) is 96.7 cm³/mol. The molecule has 1 aliphatic heterocycles. The molecular formula is C19H27N5O2. The molecule has 2 atom stereocenters. The minimum atomic E-state index is -0.0821. The molecule has 0 aromatic carbocycles. The van der Waals surface area contributed by atoms with Gasteiger partial charge in [0.2, 0.25) is 5.76 Å². The number of carbonyl (C=O) groups excluding carboxylic acids is 1. The molecule has 0 N–H and O–H groups in total. The van der Waals surface area contributed by atoms with Crippen LogP contribution in [0.1, 0.15) is 59.6 Å². The van der Waals surface area contributed by atoms with Gasteiger partial charge in [-0.25, -0.2) is 0 Å². The summed E-state index contributed by atoms with van der Waals surface area (Å²) in [6, 6.07) is 4.17. The van der Waals surface area contributed by atoms with Gasteiger partial charge in [-0.1, -0.05) is 5.16 Å². The van der Waals surface area contributed by atoms with Crippen LogP contribution >= 0.6 is 0 Å². The minimum Gasteiger partial charge on any atom is -0.351 e. The Morgan fingerprint density at radius 1 is 1.35 bits per heavy atom. The maximum absolute atomic E-state index is 12.8. The van der Waals surface area contributed by atoms with Crippen molar-refractivity contribution in [2.45, 2.75) is 37.6 Å². The first-order chi connectivity index (χ1) is 12.5. The summed E-state index contributed by atoms with van der Waals surface area (Å²) < 4.78 is 7.26. The van der Waals surface area contributed by atoms with E-state index in [1.807, 2.05) is 31.0 Å². The van der Waals surface area contributed by atoms with E-state index in [1.165, 1.54) is 5.69 Å². The number of aromatic nitrogens is 3. The van der Waals surface area contributed by atoms with Crippen LogP contribution in [0, 0.1) is 5.92 Å². The zero-order valence-electron chi connectivity index (χ0n) is 15.8. The van der Waals surface area contributed by atoms with Gasteiger partial charge in [0.05, 0.1) is 17.4 Å². The molecule has 1 aliphatic carbocycles. The molecule has 2 aromatic rings. The lowest BCUT2D eigenvalue weighted by Crippen LogP contribution is -2.43. The molecule has 140 valence electrons. The maximum Gasteiger partial charge on any atom is 0.292 e. The first-order valence-corrected chi connectivity index (χ1v) is 9.45. The van der Waals surface area contributed by atoms with Crippen molar-refractivity contribution < 1.29 is 9.32 Å². The van der Waals surface area contributed by atoms with Crippen LogP contribution < -0.4 is 0 Å². The Labute approximate surface area is 153 Å². The van der Waals surface area contributed by atoms with Gasteiger partial charge in [0.1, 0.15) is 0 Å². The highest BCUT2D eigenvalue weighted by Gasteiger charge is 2.35. The summed E-state index contributed by atoms with van der Waals surface area (Å²) in [7, 11) is 6.00. The number of piperidine rings is 1. The fourth-order valence-electron chi connectivity index (χ4n) is 4.18. The lowest BCUT2D eigenvalue weighted by Gasteiger charge is -2.40. The van der Waals surface area contributed by atoms with Crippen LogP contribution in [0.4, 0.5) is 0 Å². The maximum atomic E-state index is 12.8. The summed E-state index contributed by atoms with van der Waals surface area (Å²) in [5.41, 5.74) is 2.13. The molecule has 2 fully saturated rings. The molecule has 3 heterocycles. The Balaban J connectivity index is 1.48. The fraction of sp³-hybridized carbons (Fsp3) is 0.632. The normalized spacial score (nSPS) is 24.0. The summed E-state index contributed by atoms with van der Waals surface area (Å²) in [6.07, 6.45) is 6.39. The Morgan fingerprint density at radius 3 is 2.85 bits per heavy atom. The van der Waals surface area contributed by atoms with E-state index >= 15 is 0 Å². The van der Waals surface area contributed by atoms with Crippen LogP contribution in [0.25, 0.3) is 0 Å². The Morgan fingerprint density at radius 2 is 2.15 bits per heavy atom. The third-order valence-electron chi connectivity index (χ3n) is 5.76. The van der Waals surface area contributed by atoms with Gasteiger partial charge in [-0.2, -0.15) is 5.10 Å². The van der Waals surface area contributed by atoms with Crippen LogP contribution in [-0.4, -0.2) is 57.8 Å². The molecular weight excluding hydrogens is 330 g/mol. The van der Waals surface area contributed by atoms with Gasteiger partial charge < -0.3 is 9.42 Å². The van der Waals surface area contributed by atoms with Gasteiger partial charge in [0, 0.05) is 38.8 Å². The first kappa shape index (κ1) is 17.3. The van der Waals surface area contributed by atoms with Crippen LogP contribution in [0.2, 0.25) is 0 Å². The smallest absolute Gasteiger partial charge is 0.292 e. The van der Waals surface area contributed by atoms with Crippen molar-refractivity contribution in [2.75, 3.05) is 27.2 Å². The lowest BCUT2D eigenvalue weighted by atomic mass is 9.87. The SMILES string of the molecule is CN(C[C@@H]1CCCN(C)[C@H]1c1ccnn1C)C(=O)c1cc(C2CC2)no1. The monoisotopic (exact) mass is 357 g/mol. The molecule has 7 heteroatoms. The third kappa shape index (κ3) is 3.28. The summed E-state index contributed by atoms with van der Waals surface area (Å²) >= 11 is 0. The lowest BCUT2D eigenvalue weighted by molar-refractivity contribution is 0.0598. The van der Waals surface area contributed by atoms with E-state index in [4.69, 9.17) is 4.52 Å². The third-order valence-corrected chi connectivity index (χ3v) is 5.76. The molecule has 1 saturated heterocycles. The van der Waals surface area contributed by atoms with Gasteiger partial charge in [0.15, 0.2) is 0 Å². The first-order valence-electron chi connectivity index (χ1n) is 9.45. The largest absolute Gasteiger partial charge is 0.351 e. The number of amides is 1. The Bertz CT molecular complexity index is 778. The molecule has 26 heavy (non-hydrogen) atoms. The summed E-state index contributed by atoms with van der Waals surface area (Å²) in [5, 5.41) is 8.40. The van der Waals surface area contributed by atoms with Gasteiger partial charge >= 0.3 is 0 Å². The van der Waals surface area contributed by atoms with E-state index in [0.717, 1.165) is 37.9 Å². The summed E-state index contributed by atoms with van der Waals surface area (Å²) in [6.45, 7) is 1.76. The van der Waals surface area contributed by atoms with Crippen molar-refractivity contribution >= 4 is 5.91 Å². The fourth-order valence-corrected chi connectivity index (χ4v) is 4.18. The number of rotatable bonds is 5. The van der Waals surface area contributed by atoms with Crippen LogP contribution in [-0.2, 0) is 7.05 Å². The van der Waals surface area contributed by atoms with Crippen LogP contribution in [0.5, 0.6) is 0 Å². The zero-order valence-corrected chi connectivity index (χ0v) is 15.8. The molecule has 0 bridgehead atoms. The average molecular weight is 357 g/mol. The topological polar surface area (TPSA) is 67.4 Å². The highest BCUT2D eigenvalue weighted by Crippen LogP contribution is 2.39. The second kappa shape index (κ2) is 6.87. The Hall–Kier alpha value is -2.15. The average Bonchev–Trinajstić information content (AvgIpc) is 3.20. The van der Waals surface area contributed by atoms with Crippen LogP contribution in [0.3, 0.4) is 0 Å². The summed E-state index contributed by atoms with van der Waals surface area (Å²) in [4.78, 5) is 16.9. The number of likely N-dealkylation sites (tertiary alicyclic amines) is 1. The molecule has 2 aliphatic rings. The standard InChI is InChI=1S/C19H27N5O2/c1-22-10-4-5-14(18(22)16-8-9-20-24(16)3)12-23(2)19(25)17-11-15(21-26-17)13-6-7-13/h8-9,11,13-14,18H,4-7,10,12H2,1-3H3/t14-,18+/m0/s1. The minimum absolute atomic E-state index is 0.0821. The number of nitrogens with zero attached hydrogens (tertiary/aromatic N) is 5. The Kier molecular flexibility index (Phi) is 4.56. The van der Waals surface area contributed by atoms with Gasteiger partial charge in [-0.05, 0) is 51.3 Å². The molecule has 0 radical (unpaired) electrons. The van der Waals surface area contributed by atoms with Crippen molar-refractivity contribution in [3.05, 3.63) is 35.5 Å². The van der Waals surface area contributed by atoms with E-state index in [0.29, 0.717) is 24.1 Å². The molecule has 1 amide bonds. The second-order valence-corrected chi connectivity index (χ2v) is 7.78. The molecule has 0 spiro atoms. The van der Waals surface area contributed by atoms with Crippen LogP contribution in [0.15, 0.2) is 22.9 Å². The van der Waals surface area contributed by atoms with E-state index in [2.05, 4.69) is 28.3 Å². The number of hydrogen-bond donors (Lipinski definition) is 0. The van der Waals surface area contributed by atoms with Crippen molar-refractivity contribution in [3.8, 4) is 0 Å². The molecule has 2 aromatic heterocycles. The van der Waals surface area contributed by atoms with E-state index in [-0.39, 0.29) is 11.9 Å². The molecule has 1 saturated carbocycles. The summed E-state index contributed by atoms with van der Waals surface area (Å²) in [5.74, 6) is 1.13. The highest BCUT2D eigenvalue weighted by atomic mass is 16.5. The van der Waals surface area contributed by atoms with E-state index in [1.54, 1.807) is 4.90 Å². The number of aryl methyl sites for hydroxylation is 1. The van der Waals surface area contributed by atoms with Gasteiger partial charge in [-0.3, -0.25) is 14.4 Å². The predicted octanol–water partition coefficient (Wildman–Crippen LogP) is 2.44. The quantitative estimate of drug-likeness (QED) is 0.822. The second-order valence-electron chi connectivity index (χ2n) is 7.78. The van der Waals surface area contributed by atoms with E-state index < -0.39 is 0 Å². The van der Waals surface area contributed by atoms with E-state index in [9.17, 15) is 4.79 Å². The molecule has 0 unspecified atom stereocenters. The van der Waals surface area contributed by atoms with Gasteiger partial charge in [-0.15, -0.1) is 0 Å². The van der Waals surface area contributed by atoms with Crippen molar-refractivity contribution in [3.63, 3.8) is 0 Å². The number of carbonyl (C=O) groups is 1.